The summed E-state index contributed by atoms with van der Waals surface area (Å²) in [4.78, 5) is 0. The van der Waals surface area contributed by atoms with Gasteiger partial charge in [0.1, 0.15) is 0 Å². The molecule has 0 radical (unpaired) electrons. The molecule has 0 nitrogen and oxygen atoms in total. The van der Waals surface area contributed by atoms with Gasteiger partial charge in [-0.15, -0.1) is 0 Å². The molecular formula is C19H20. The minimum absolute atomic E-state index is 0.846. The van der Waals surface area contributed by atoms with Gasteiger partial charge in [-0.3, -0.25) is 0 Å². The molecule has 2 aromatic carbocycles. The summed E-state index contributed by atoms with van der Waals surface area (Å²) in [5.74, 6) is 0.846. The van der Waals surface area contributed by atoms with Crippen LogP contribution in [-0.4, -0.2) is 0 Å². The molecule has 0 amide bonds. The van der Waals surface area contributed by atoms with Crippen LogP contribution in [0, 0.1) is 0 Å². The van der Waals surface area contributed by atoms with Gasteiger partial charge in [0.2, 0.25) is 0 Å². The molecule has 0 unspecified atom stereocenters. The van der Waals surface area contributed by atoms with E-state index in [1.54, 1.807) is 16.7 Å². The van der Waals surface area contributed by atoms with Crippen molar-refractivity contribution in [1.29, 1.82) is 0 Å². The van der Waals surface area contributed by atoms with Crippen LogP contribution in [0.2, 0.25) is 0 Å². The van der Waals surface area contributed by atoms with Crippen molar-refractivity contribution in [2.24, 2.45) is 0 Å². The van der Waals surface area contributed by atoms with Crippen molar-refractivity contribution < 1.29 is 0 Å². The van der Waals surface area contributed by atoms with Gasteiger partial charge >= 0.3 is 0 Å². The Morgan fingerprint density at radius 2 is 1.84 bits per heavy atom. The standard InChI is InChI=1S/C19H20/c1-2-13-10-11-17-16-9-4-3-6-15(16)12-18(17)19(13)14-7-5-8-14/h3-4,6,9-11,14H,2,5,7-8,12H2,1H3. The van der Waals surface area contributed by atoms with Crippen LogP contribution in [0.4, 0.5) is 0 Å². The molecule has 0 atom stereocenters. The highest BCUT2D eigenvalue weighted by Crippen LogP contribution is 2.46. The summed E-state index contributed by atoms with van der Waals surface area (Å²) in [5.41, 5.74) is 9.45. The molecule has 2 aliphatic rings. The Morgan fingerprint density at radius 3 is 2.58 bits per heavy atom. The fourth-order valence-corrected chi connectivity index (χ4v) is 3.80. The molecule has 0 aliphatic heterocycles. The lowest BCUT2D eigenvalue weighted by atomic mass is 9.75. The zero-order valence-electron chi connectivity index (χ0n) is 11.6. The summed E-state index contributed by atoms with van der Waals surface area (Å²) < 4.78 is 0. The minimum atomic E-state index is 0.846. The average Bonchev–Trinajstić information content (AvgIpc) is 2.76. The molecule has 0 heterocycles. The molecule has 19 heavy (non-hydrogen) atoms. The maximum absolute atomic E-state index is 2.38. The Balaban J connectivity index is 1.92. The fourth-order valence-electron chi connectivity index (χ4n) is 3.80. The largest absolute Gasteiger partial charge is 0.0619 e. The highest BCUT2D eigenvalue weighted by atomic mass is 14.3. The van der Waals surface area contributed by atoms with E-state index in [2.05, 4.69) is 43.3 Å². The third kappa shape index (κ3) is 1.59. The van der Waals surface area contributed by atoms with E-state index in [0.29, 0.717) is 0 Å². The van der Waals surface area contributed by atoms with Crippen molar-refractivity contribution >= 4 is 0 Å². The molecular weight excluding hydrogens is 228 g/mol. The van der Waals surface area contributed by atoms with Crippen molar-refractivity contribution in [3.8, 4) is 11.1 Å². The number of aryl methyl sites for hydroxylation is 1. The van der Waals surface area contributed by atoms with E-state index in [1.807, 2.05) is 0 Å². The van der Waals surface area contributed by atoms with Gasteiger partial charge in [0, 0.05) is 0 Å². The van der Waals surface area contributed by atoms with Gasteiger partial charge in [0.15, 0.2) is 0 Å². The Morgan fingerprint density at radius 1 is 1.00 bits per heavy atom. The Hall–Kier alpha value is -1.56. The second-order valence-corrected chi connectivity index (χ2v) is 5.98. The molecule has 0 bridgehead atoms. The molecule has 4 rings (SSSR count). The van der Waals surface area contributed by atoms with Gasteiger partial charge in [0.05, 0.1) is 0 Å². The average molecular weight is 248 g/mol. The van der Waals surface area contributed by atoms with Crippen molar-refractivity contribution in [3.63, 3.8) is 0 Å². The monoisotopic (exact) mass is 248 g/mol. The first-order chi connectivity index (χ1) is 9.38. The van der Waals surface area contributed by atoms with Crippen LogP contribution in [0.3, 0.4) is 0 Å². The van der Waals surface area contributed by atoms with E-state index >= 15 is 0 Å². The lowest BCUT2D eigenvalue weighted by molar-refractivity contribution is 0.415. The third-order valence-corrected chi connectivity index (χ3v) is 5.02. The molecule has 2 aromatic rings. The summed E-state index contributed by atoms with van der Waals surface area (Å²) in [6.45, 7) is 2.30. The number of benzene rings is 2. The third-order valence-electron chi connectivity index (χ3n) is 5.02. The second kappa shape index (κ2) is 4.23. The zero-order chi connectivity index (χ0) is 12.8. The van der Waals surface area contributed by atoms with Crippen molar-refractivity contribution in [2.75, 3.05) is 0 Å². The smallest absolute Gasteiger partial charge is 0.00105 e. The first kappa shape index (κ1) is 11.3. The number of fused-ring (bicyclic) bond motifs is 3. The SMILES string of the molecule is CCc1ccc2c(c1C1CCC1)Cc1ccccc1-2. The number of hydrogen-bond acceptors (Lipinski definition) is 0. The highest BCUT2D eigenvalue weighted by molar-refractivity contribution is 5.78. The molecule has 0 heteroatoms. The molecule has 1 fully saturated rings. The van der Waals surface area contributed by atoms with Gasteiger partial charge in [-0.05, 0) is 65.0 Å². The number of hydrogen-bond donors (Lipinski definition) is 0. The van der Waals surface area contributed by atoms with Crippen LogP contribution in [0.5, 0.6) is 0 Å². The maximum Gasteiger partial charge on any atom is -0.00105 e. The lowest BCUT2D eigenvalue weighted by Crippen LogP contribution is -2.13. The Labute approximate surface area is 115 Å². The normalized spacial score (nSPS) is 16.9. The van der Waals surface area contributed by atoms with E-state index < -0.39 is 0 Å². The van der Waals surface area contributed by atoms with E-state index in [-0.39, 0.29) is 0 Å². The predicted molar refractivity (Wildman–Crippen MR) is 80.7 cm³/mol. The molecule has 0 spiro atoms. The molecule has 0 saturated heterocycles. The maximum atomic E-state index is 2.38. The molecule has 96 valence electrons. The van der Waals surface area contributed by atoms with Crippen molar-refractivity contribution in [1.82, 2.24) is 0 Å². The first-order valence-corrected chi connectivity index (χ1v) is 7.61. The predicted octanol–water partition coefficient (Wildman–Crippen LogP) is 5.09. The van der Waals surface area contributed by atoms with Gasteiger partial charge in [-0.1, -0.05) is 49.7 Å². The van der Waals surface area contributed by atoms with Crippen LogP contribution in [0.15, 0.2) is 36.4 Å². The molecule has 0 aromatic heterocycles. The van der Waals surface area contributed by atoms with Crippen LogP contribution in [0.1, 0.15) is 54.4 Å². The molecule has 1 saturated carbocycles. The minimum Gasteiger partial charge on any atom is -0.0619 e. The quantitative estimate of drug-likeness (QED) is 0.592. The van der Waals surface area contributed by atoms with Crippen molar-refractivity contribution in [3.05, 3.63) is 58.7 Å². The van der Waals surface area contributed by atoms with Gasteiger partial charge in [-0.25, -0.2) is 0 Å². The second-order valence-electron chi connectivity index (χ2n) is 5.98. The molecule has 0 N–H and O–H groups in total. The summed E-state index contributed by atoms with van der Waals surface area (Å²) in [6, 6.07) is 13.7. The number of rotatable bonds is 2. The summed E-state index contributed by atoms with van der Waals surface area (Å²) in [7, 11) is 0. The van der Waals surface area contributed by atoms with Crippen LogP contribution < -0.4 is 0 Å². The highest BCUT2D eigenvalue weighted by Gasteiger charge is 2.29. The summed E-state index contributed by atoms with van der Waals surface area (Å²) in [6.07, 6.45) is 6.56. The van der Waals surface area contributed by atoms with Crippen LogP contribution in [-0.2, 0) is 12.8 Å². The topological polar surface area (TPSA) is 0 Å². The van der Waals surface area contributed by atoms with Gasteiger partial charge in [0.25, 0.3) is 0 Å². The van der Waals surface area contributed by atoms with E-state index in [0.717, 1.165) is 12.3 Å². The van der Waals surface area contributed by atoms with E-state index in [9.17, 15) is 0 Å². The lowest BCUT2D eigenvalue weighted by Gasteiger charge is -2.30. The van der Waals surface area contributed by atoms with Gasteiger partial charge < -0.3 is 0 Å². The molecule has 2 aliphatic carbocycles. The zero-order valence-corrected chi connectivity index (χ0v) is 11.6. The van der Waals surface area contributed by atoms with E-state index in [1.165, 1.54) is 42.4 Å². The van der Waals surface area contributed by atoms with E-state index in [4.69, 9.17) is 0 Å². The van der Waals surface area contributed by atoms with Gasteiger partial charge in [-0.2, -0.15) is 0 Å². The Kier molecular flexibility index (Phi) is 2.51. The Bertz CT molecular complexity index is 632. The summed E-state index contributed by atoms with van der Waals surface area (Å²) >= 11 is 0. The first-order valence-electron chi connectivity index (χ1n) is 7.61. The fraction of sp³-hybridized carbons (Fsp3) is 0.368. The van der Waals surface area contributed by atoms with Crippen molar-refractivity contribution in [2.45, 2.75) is 44.9 Å². The van der Waals surface area contributed by atoms with Crippen LogP contribution >= 0.6 is 0 Å². The van der Waals surface area contributed by atoms with Crippen LogP contribution in [0.25, 0.3) is 11.1 Å². The summed E-state index contributed by atoms with van der Waals surface area (Å²) in [5, 5.41) is 0.